The normalized spacial score (nSPS) is 27.5. The number of esters is 2. The van der Waals surface area contributed by atoms with Gasteiger partial charge < -0.3 is 38.7 Å². The van der Waals surface area contributed by atoms with E-state index < -0.39 is 47.9 Å². The van der Waals surface area contributed by atoms with Crippen molar-refractivity contribution in [2.24, 2.45) is 17.8 Å². The monoisotopic (exact) mass is 978 g/mol. The molecule has 2 fully saturated rings. The number of hydrogen-bond acceptors (Lipinski definition) is 11. The van der Waals surface area contributed by atoms with E-state index in [2.05, 4.69) is 66.7 Å². The fourth-order valence-electron chi connectivity index (χ4n) is 13.7. The molecule has 1 aromatic heterocycles. The van der Waals surface area contributed by atoms with E-state index in [4.69, 9.17) is 23.4 Å². The average molecular weight is 979 g/mol. The number of methoxy groups -OCH3 is 1. The number of fused-ring (bicyclic) bond motifs is 8. The third-order valence-electron chi connectivity index (χ3n) is 17.4. The third-order valence-corrected chi connectivity index (χ3v) is 17.4. The van der Waals surface area contributed by atoms with Crippen LogP contribution in [0.25, 0.3) is 11.0 Å². The molecule has 11 heteroatoms. The second-order valence-corrected chi connectivity index (χ2v) is 21.6. The molecular weight excluding hydrogens is 909 g/mol. The van der Waals surface area contributed by atoms with E-state index in [1.807, 2.05) is 13.0 Å². The van der Waals surface area contributed by atoms with Crippen LogP contribution in [0.5, 0.6) is 5.75 Å². The number of hydrogen-bond donors (Lipinski definition) is 3. The van der Waals surface area contributed by atoms with Crippen LogP contribution in [-0.4, -0.2) is 65.9 Å². The van der Waals surface area contributed by atoms with Crippen LogP contribution in [0.4, 0.5) is 0 Å². The van der Waals surface area contributed by atoms with Crippen molar-refractivity contribution in [3.63, 3.8) is 0 Å². The maximum Gasteiger partial charge on any atom is 0.340 e. The molecule has 5 bridgehead atoms. The Bertz CT molecular complexity index is 2880. The summed E-state index contributed by atoms with van der Waals surface area (Å²) in [6, 6.07) is 29.8. The lowest BCUT2D eigenvalue weighted by Gasteiger charge is -2.52. The van der Waals surface area contributed by atoms with Gasteiger partial charge in [-0.2, -0.15) is 0 Å². The highest BCUT2D eigenvalue weighted by molar-refractivity contribution is 5.90. The summed E-state index contributed by atoms with van der Waals surface area (Å²) in [5.74, 6) is -1.09. The van der Waals surface area contributed by atoms with Crippen molar-refractivity contribution >= 4 is 22.9 Å². The molecule has 72 heavy (non-hydrogen) atoms. The van der Waals surface area contributed by atoms with Crippen LogP contribution in [-0.2, 0) is 49.7 Å². The quantitative estimate of drug-likeness (QED) is 0.0694. The molecule has 3 N–H and O–H groups in total. The summed E-state index contributed by atoms with van der Waals surface area (Å²) in [6.07, 6.45) is 7.59. The second-order valence-electron chi connectivity index (χ2n) is 21.6. The molecule has 5 aromatic rings. The first-order valence-electron chi connectivity index (χ1n) is 26.5. The lowest BCUT2D eigenvalue weighted by atomic mass is 9.65. The minimum atomic E-state index is -1.29. The van der Waals surface area contributed by atoms with E-state index in [0.717, 1.165) is 64.2 Å². The van der Waals surface area contributed by atoms with Crippen LogP contribution in [0.1, 0.15) is 158 Å². The Morgan fingerprint density at radius 2 is 1.62 bits per heavy atom. The number of benzene rings is 4. The summed E-state index contributed by atoms with van der Waals surface area (Å²) in [7, 11) is 1.51. The maximum absolute atomic E-state index is 15.4. The van der Waals surface area contributed by atoms with Crippen molar-refractivity contribution in [1.82, 2.24) is 0 Å². The van der Waals surface area contributed by atoms with Crippen LogP contribution in [0.15, 0.2) is 105 Å². The Balaban J connectivity index is 1.15. The van der Waals surface area contributed by atoms with Gasteiger partial charge in [0.1, 0.15) is 11.3 Å². The van der Waals surface area contributed by atoms with Crippen LogP contribution < -0.4 is 10.4 Å². The molecule has 9 atom stereocenters. The predicted molar refractivity (Wildman–Crippen MR) is 274 cm³/mol. The Morgan fingerprint density at radius 3 is 2.42 bits per heavy atom. The first-order valence-corrected chi connectivity index (χ1v) is 26.5. The van der Waals surface area contributed by atoms with Gasteiger partial charge in [0.15, 0.2) is 17.8 Å². The summed E-state index contributed by atoms with van der Waals surface area (Å²) in [4.78, 5) is 44.9. The lowest BCUT2D eigenvalue weighted by Crippen LogP contribution is -2.60. The molecular formula is C61H70O11. The molecule has 2 aliphatic carbocycles. The molecule has 0 radical (unpaired) electrons. The molecule has 2 saturated carbocycles. The summed E-state index contributed by atoms with van der Waals surface area (Å²) >= 11 is 0. The zero-order valence-corrected chi connectivity index (χ0v) is 42.0. The number of carbonyl (C=O) groups excluding carboxylic acids is 2. The predicted octanol–water partition coefficient (Wildman–Crippen LogP) is 10.4. The van der Waals surface area contributed by atoms with Gasteiger partial charge in [0.2, 0.25) is 0 Å². The number of ether oxygens (including phenoxy) is 4. The molecule has 4 heterocycles. The molecule has 3 aliphatic heterocycles. The van der Waals surface area contributed by atoms with Gasteiger partial charge in [-0.15, -0.1) is 0 Å². The van der Waals surface area contributed by atoms with Crippen LogP contribution in [0.3, 0.4) is 0 Å². The van der Waals surface area contributed by atoms with Gasteiger partial charge in [0.25, 0.3) is 0 Å². The smallest absolute Gasteiger partial charge is 0.340 e. The van der Waals surface area contributed by atoms with E-state index in [1.54, 1.807) is 19.1 Å². The number of aliphatic hydroxyl groups is 3. The van der Waals surface area contributed by atoms with Gasteiger partial charge in [-0.05, 0) is 158 Å². The SMILES string of the molecule is COC[C@@H](CCO)c1c(CO)c2ccc3c(c2oc1=O)[C@H]1OC(=O)C[C@H]2C[C@H](c4cccc(Cc5ccccc5)c4)CC[C@H]2c2ccc4c(c2)CC[C@@H]2CCCC[C@H]2[C@](C)(O3)[C@H]1OC(=O)/C(=C(/C)CO)CC4. The molecule has 0 unspecified atom stereocenters. The number of aryl methyl sites for hydroxylation is 2. The topological polar surface area (TPSA) is 162 Å². The Labute approximate surface area is 422 Å². The fourth-order valence-corrected chi connectivity index (χ4v) is 13.7. The van der Waals surface area contributed by atoms with Gasteiger partial charge in [0, 0.05) is 48.5 Å². The third kappa shape index (κ3) is 9.70. The number of rotatable bonds is 10. The Kier molecular flexibility index (Phi) is 14.9. The summed E-state index contributed by atoms with van der Waals surface area (Å²) in [5, 5.41) is 32.1. The summed E-state index contributed by atoms with van der Waals surface area (Å²) < 4.78 is 33.0. The fraction of sp³-hybridized carbons (Fsp3) is 0.492. The van der Waals surface area contributed by atoms with E-state index >= 15 is 9.59 Å². The van der Waals surface area contributed by atoms with Crippen molar-refractivity contribution in [3.8, 4) is 5.75 Å². The van der Waals surface area contributed by atoms with Crippen molar-refractivity contribution in [1.29, 1.82) is 0 Å². The van der Waals surface area contributed by atoms with Crippen molar-refractivity contribution in [2.75, 3.05) is 26.9 Å². The van der Waals surface area contributed by atoms with Gasteiger partial charge in [-0.25, -0.2) is 9.59 Å². The highest BCUT2D eigenvalue weighted by Gasteiger charge is 2.58. The molecule has 380 valence electrons. The zero-order valence-electron chi connectivity index (χ0n) is 42.0. The summed E-state index contributed by atoms with van der Waals surface area (Å²) in [5.41, 5.74) is 7.16. The van der Waals surface area contributed by atoms with Crippen LogP contribution in [0.2, 0.25) is 0 Å². The van der Waals surface area contributed by atoms with Crippen molar-refractivity contribution in [2.45, 2.75) is 146 Å². The summed E-state index contributed by atoms with van der Waals surface area (Å²) in [6.45, 7) is 2.75. The van der Waals surface area contributed by atoms with Crippen molar-refractivity contribution in [3.05, 3.63) is 157 Å². The van der Waals surface area contributed by atoms with Gasteiger partial charge in [-0.1, -0.05) is 92.1 Å². The average Bonchev–Trinajstić information content (AvgIpc) is 3.39. The lowest BCUT2D eigenvalue weighted by molar-refractivity contribution is -0.205. The Hall–Kier alpha value is -5.59. The molecule has 4 aromatic carbocycles. The number of carbonyl (C=O) groups is 2. The van der Waals surface area contributed by atoms with E-state index in [9.17, 15) is 20.1 Å². The van der Waals surface area contributed by atoms with Crippen LogP contribution in [0, 0.1) is 17.8 Å². The molecule has 11 nitrogen and oxygen atoms in total. The Morgan fingerprint density at radius 1 is 0.806 bits per heavy atom. The number of aliphatic hydroxyl groups excluding tert-OH is 3. The van der Waals surface area contributed by atoms with Gasteiger partial charge >= 0.3 is 17.6 Å². The first kappa shape index (κ1) is 50.0. The van der Waals surface area contributed by atoms with E-state index in [-0.39, 0.29) is 79.0 Å². The second kappa shape index (κ2) is 21.5. The molecule has 5 aliphatic rings. The van der Waals surface area contributed by atoms with Crippen LogP contribution >= 0.6 is 0 Å². The maximum atomic E-state index is 15.4. The minimum Gasteiger partial charge on any atom is -0.483 e. The van der Waals surface area contributed by atoms with Gasteiger partial charge in [0.05, 0.1) is 25.4 Å². The molecule has 0 spiro atoms. The van der Waals surface area contributed by atoms with E-state index in [1.165, 1.54) is 40.5 Å². The molecule has 0 saturated heterocycles. The molecule has 10 rings (SSSR count). The molecule has 0 amide bonds. The van der Waals surface area contributed by atoms with Gasteiger partial charge in [-0.3, -0.25) is 4.79 Å². The van der Waals surface area contributed by atoms with E-state index in [0.29, 0.717) is 40.7 Å². The largest absolute Gasteiger partial charge is 0.483 e. The minimum absolute atomic E-state index is 0.0685. The first-order chi connectivity index (χ1) is 35.0. The highest BCUT2D eigenvalue weighted by atomic mass is 16.6. The zero-order chi connectivity index (χ0) is 50.1. The van der Waals surface area contributed by atoms with Crippen molar-refractivity contribution < 1.29 is 48.3 Å². The highest BCUT2D eigenvalue weighted by Crippen LogP contribution is 2.55. The standard InChI is InChI=1S/C61H70O11/c1-36(33-63)47-22-20-39-16-19-44-30-42(39)18-17-40-13-7-8-15-51(40)61(2)58(71-59(47)66)57(55-52(72-61)25-24-49-50(34-64)54(60(67)70-56(49)55)45(26-27-62)35-68-3)69-53(65)32-46-31-43(21-23-48(44)46)41-14-9-12-38(29-41)28-37-10-5-4-6-11-37/h4-6,9-12,14,16,19,24-25,29-30,40,43,45-46,48,51,57-58,62-64H,7-8,13,15,17-18,20-23,26-28,31-35H2,1-3H3/b47-36-/t40-,43+,45+,46+,48-,51+,57+,58-,61-/m0/s1.